The molecule has 1 aliphatic heterocycles. The lowest BCUT2D eigenvalue weighted by Gasteiger charge is -2.28. The molecule has 0 aliphatic carbocycles. The van der Waals surface area contributed by atoms with E-state index >= 15 is 0 Å². The third-order valence-electron chi connectivity index (χ3n) is 9.11. The lowest BCUT2D eigenvalue weighted by molar-refractivity contribution is -0.180. The first-order chi connectivity index (χ1) is 22.3. The molecule has 0 aromatic heterocycles. The van der Waals surface area contributed by atoms with Gasteiger partial charge in [-0.3, -0.25) is 0 Å². The third-order valence-corrected chi connectivity index (χ3v) is 9.11. The molecule has 1 saturated heterocycles. The zero-order valence-corrected chi connectivity index (χ0v) is 30.2. The molecule has 262 valence electrons. The molecule has 1 N–H and O–H groups in total. The molecule has 0 bridgehead atoms. The zero-order chi connectivity index (χ0) is 32.4. The van der Waals surface area contributed by atoms with Gasteiger partial charge in [-0.25, -0.2) is 0 Å². The Morgan fingerprint density at radius 3 is 1.33 bits per heavy atom. The average Bonchev–Trinajstić information content (AvgIpc) is 3.46. The Morgan fingerprint density at radius 2 is 0.911 bits per heavy atom. The van der Waals surface area contributed by atoms with E-state index in [1.807, 2.05) is 0 Å². The summed E-state index contributed by atoms with van der Waals surface area (Å²) >= 11 is 0. The predicted molar refractivity (Wildman–Crippen MR) is 198 cm³/mol. The number of ether oxygens (including phenoxy) is 2. The van der Waals surface area contributed by atoms with Crippen molar-refractivity contribution in [3.8, 4) is 0 Å². The molecule has 1 rings (SSSR count). The third kappa shape index (κ3) is 26.6. The molecule has 0 aromatic carbocycles. The van der Waals surface area contributed by atoms with Crippen molar-refractivity contribution >= 4 is 0 Å². The summed E-state index contributed by atoms with van der Waals surface area (Å²) in [6.07, 6.45) is 53.3. The number of allylic oxidation sites excluding steroid dienone is 8. The van der Waals surface area contributed by atoms with E-state index in [1.54, 1.807) is 0 Å². The van der Waals surface area contributed by atoms with E-state index in [1.165, 1.54) is 141 Å². The van der Waals surface area contributed by atoms with Crippen molar-refractivity contribution in [1.29, 1.82) is 0 Å². The molecular formula is C42H76O3. The number of hydrogen-bond donors (Lipinski definition) is 1. The normalized spacial score (nSPS) is 19.0. The van der Waals surface area contributed by atoms with Crippen molar-refractivity contribution < 1.29 is 14.6 Å². The minimum atomic E-state index is -0.370. The first kappa shape index (κ1) is 41.9. The summed E-state index contributed by atoms with van der Waals surface area (Å²) in [7, 11) is 0. The highest BCUT2D eigenvalue weighted by molar-refractivity contribution is 4.93. The van der Waals surface area contributed by atoms with Gasteiger partial charge in [-0.2, -0.15) is 0 Å². The Bertz CT molecular complexity index is 673. The summed E-state index contributed by atoms with van der Waals surface area (Å²) in [6, 6.07) is 0. The van der Waals surface area contributed by atoms with Crippen molar-refractivity contribution in [2.75, 3.05) is 13.2 Å². The summed E-state index contributed by atoms with van der Waals surface area (Å²) in [5.41, 5.74) is 0. The molecule has 3 nitrogen and oxygen atoms in total. The summed E-state index contributed by atoms with van der Waals surface area (Å²) in [5, 5.41) is 9.27. The van der Waals surface area contributed by atoms with Crippen molar-refractivity contribution in [2.45, 2.75) is 206 Å². The molecule has 45 heavy (non-hydrogen) atoms. The lowest BCUT2D eigenvalue weighted by atomic mass is 9.98. The zero-order valence-electron chi connectivity index (χ0n) is 30.2. The summed E-state index contributed by atoms with van der Waals surface area (Å²) in [6.45, 7) is 5.47. The number of aliphatic hydroxyl groups is 1. The highest BCUT2D eigenvalue weighted by atomic mass is 16.7. The Labute approximate surface area is 281 Å². The minimum absolute atomic E-state index is 0.159. The quantitative estimate of drug-likeness (QED) is 0.0580. The van der Waals surface area contributed by atoms with Crippen LogP contribution in [0, 0.1) is 0 Å². The predicted octanol–water partition coefficient (Wildman–Crippen LogP) is 13.3. The van der Waals surface area contributed by atoms with Crippen molar-refractivity contribution in [1.82, 2.24) is 0 Å². The van der Waals surface area contributed by atoms with Gasteiger partial charge in [-0.1, -0.05) is 140 Å². The molecule has 0 spiro atoms. The Balaban J connectivity index is 2.12. The van der Waals surface area contributed by atoms with Crippen LogP contribution in [0.1, 0.15) is 194 Å². The first-order valence-electron chi connectivity index (χ1n) is 19.8. The molecule has 1 heterocycles. The Hall–Kier alpha value is -1.16. The molecule has 1 unspecified atom stereocenters. The molecule has 0 amide bonds. The van der Waals surface area contributed by atoms with Gasteiger partial charge in [0.15, 0.2) is 5.79 Å². The fourth-order valence-electron chi connectivity index (χ4n) is 6.23. The van der Waals surface area contributed by atoms with E-state index in [4.69, 9.17) is 9.47 Å². The van der Waals surface area contributed by atoms with Crippen molar-refractivity contribution in [3.05, 3.63) is 48.6 Å². The molecule has 1 fully saturated rings. The maximum absolute atomic E-state index is 9.27. The van der Waals surface area contributed by atoms with Gasteiger partial charge < -0.3 is 14.6 Å². The van der Waals surface area contributed by atoms with Gasteiger partial charge >= 0.3 is 0 Å². The lowest BCUT2D eigenvalue weighted by Crippen LogP contribution is -2.31. The van der Waals surface area contributed by atoms with Crippen LogP contribution in [-0.2, 0) is 9.47 Å². The summed E-state index contributed by atoms with van der Waals surface area (Å²) < 4.78 is 12.9. The van der Waals surface area contributed by atoms with Gasteiger partial charge in [0, 0.05) is 19.4 Å². The van der Waals surface area contributed by atoms with Crippen LogP contribution in [0.4, 0.5) is 0 Å². The number of aliphatic hydroxyl groups excluding tert-OH is 1. The standard InChI is InChI=1S/C42H76O3/c1-3-5-7-9-11-13-15-17-19-21-23-25-27-29-31-33-37-42(44-40-41(45-42)36-35-39-43)38-34-32-30-28-26-24-22-20-18-16-14-12-10-8-6-4-2/h11-14,17-20,41,43H,3-10,15-16,21-40H2,1-2H3. The molecule has 1 aliphatic rings. The topological polar surface area (TPSA) is 38.7 Å². The second-order valence-corrected chi connectivity index (χ2v) is 13.5. The maximum Gasteiger partial charge on any atom is 0.168 e. The van der Waals surface area contributed by atoms with E-state index in [-0.39, 0.29) is 18.5 Å². The fraction of sp³-hybridized carbons (Fsp3) is 0.810. The van der Waals surface area contributed by atoms with E-state index in [9.17, 15) is 5.11 Å². The highest BCUT2D eigenvalue weighted by Crippen LogP contribution is 2.36. The van der Waals surface area contributed by atoms with Crippen molar-refractivity contribution in [2.24, 2.45) is 0 Å². The van der Waals surface area contributed by atoms with Crippen LogP contribution in [0.5, 0.6) is 0 Å². The number of hydrogen-bond acceptors (Lipinski definition) is 3. The van der Waals surface area contributed by atoms with Gasteiger partial charge in [-0.15, -0.1) is 0 Å². The van der Waals surface area contributed by atoms with Crippen LogP contribution in [0.3, 0.4) is 0 Å². The molecular weight excluding hydrogens is 552 g/mol. The maximum atomic E-state index is 9.27. The van der Waals surface area contributed by atoms with E-state index in [0.29, 0.717) is 6.61 Å². The van der Waals surface area contributed by atoms with E-state index in [0.717, 1.165) is 38.5 Å². The Morgan fingerprint density at radius 1 is 0.511 bits per heavy atom. The number of rotatable bonds is 33. The van der Waals surface area contributed by atoms with Gasteiger partial charge in [0.1, 0.15) is 0 Å². The van der Waals surface area contributed by atoms with Crippen LogP contribution in [0.2, 0.25) is 0 Å². The fourth-order valence-corrected chi connectivity index (χ4v) is 6.23. The van der Waals surface area contributed by atoms with Crippen LogP contribution in [0.15, 0.2) is 48.6 Å². The molecule has 3 heteroatoms. The van der Waals surface area contributed by atoms with Gasteiger partial charge in [0.05, 0.1) is 12.7 Å². The monoisotopic (exact) mass is 629 g/mol. The van der Waals surface area contributed by atoms with Crippen LogP contribution < -0.4 is 0 Å². The summed E-state index contributed by atoms with van der Waals surface area (Å²) in [4.78, 5) is 0. The van der Waals surface area contributed by atoms with E-state index < -0.39 is 0 Å². The van der Waals surface area contributed by atoms with Gasteiger partial charge in [0.25, 0.3) is 0 Å². The number of unbranched alkanes of at least 4 members (excludes halogenated alkanes) is 18. The molecule has 0 radical (unpaired) electrons. The SMILES string of the molecule is CCCCCC=CCC=CCCCCCCCCC1(CCCCCCCCC=CCC=CCCCCC)OCC(CCCO)O1. The van der Waals surface area contributed by atoms with Crippen LogP contribution in [-0.4, -0.2) is 30.2 Å². The van der Waals surface area contributed by atoms with Gasteiger partial charge in [-0.05, 0) is 89.9 Å². The van der Waals surface area contributed by atoms with Crippen LogP contribution in [0.25, 0.3) is 0 Å². The molecule has 1 atom stereocenters. The minimum Gasteiger partial charge on any atom is -0.396 e. The smallest absolute Gasteiger partial charge is 0.168 e. The molecule has 0 aromatic rings. The summed E-state index contributed by atoms with van der Waals surface area (Å²) in [5.74, 6) is -0.370. The molecule has 0 saturated carbocycles. The largest absolute Gasteiger partial charge is 0.396 e. The van der Waals surface area contributed by atoms with Crippen molar-refractivity contribution in [3.63, 3.8) is 0 Å². The van der Waals surface area contributed by atoms with Crippen LogP contribution >= 0.6 is 0 Å². The second kappa shape index (κ2) is 32.8. The second-order valence-electron chi connectivity index (χ2n) is 13.5. The van der Waals surface area contributed by atoms with Gasteiger partial charge in [0.2, 0.25) is 0 Å². The highest BCUT2D eigenvalue weighted by Gasteiger charge is 2.40. The average molecular weight is 629 g/mol. The first-order valence-corrected chi connectivity index (χ1v) is 19.8. The Kier molecular flexibility index (Phi) is 30.5. The van der Waals surface area contributed by atoms with E-state index in [2.05, 4.69) is 62.5 Å².